The molecule has 3 nitrogen and oxygen atoms in total. The van der Waals surface area contributed by atoms with E-state index in [1.807, 2.05) is 25.1 Å². The Kier molecular flexibility index (Phi) is 3.88. The van der Waals surface area contributed by atoms with Crippen LogP contribution in [0.2, 0.25) is 0 Å². The van der Waals surface area contributed by atoms with Crippen LogP contribution in [0.15, 0.2) is 18.2 Å². The average Bonchev–Trinajstić information content (AvgIpc) is 3.01. The highest BCUT2D eigenvalue weighted by molar-refractivity contribution is 5.38. The monoisotopic (exact) mass is 263 g/mol. The Morgan fingerprint density at radius 2 is 2.11 bits per heavy atom. The van der Waals surface area contributed by atoms with Crippen molar-refractivity contribution in [3.63, 3.8) is 0 Å². The third-order valence-electron chi connectivity index (χ3n) is 4.53. The SMILES string of the molecule is COc1cc(C(CN)C(O)C2CC2(C)C)ccc1C. The van der Waals surface area contributed by atoms with Crippen LogP contribution in [0.3, 0.4) is 0 Å². The Bertz CT molecular complexity index is 456. The first-order valence-corrected chi connectivity index (χ1v) is 6.93. The van der Waals surface area contributed by atoms with Crippen molar-refractivity contribution >= 4 is 0 Å². The molecule has 106 valence electrons. The van der Waals surface area contributed by atoms with Crippen LogP contribution in [-0.2, 0) is 0 Å². The van der Waals surface area contributed by atoms with E-state index in [0.29, 0.717) is 12.5 Å². The van der Waals surface area contributed by atoms with Crippen LogP contribution in [0.1, 0.15) is 37.3 Å². The van der Waals surface area contributed by atoms with E-state index in [1.54, 1.807) is 7.11 Å². The van der Waals surface area contributed by atoms with Gasteiger partial charge in [-0.15, -0.1) is 0 Å². The number of ether oxygens (including phenoxy) is 1. The van der Waals surface area contributed by atoms with Crippen LogP contribution in [0.5, 0.6) is 5.75 Å². The van der Waals surface area contributed by atoms with Gasteiger partial charge in [0.05, 0.1) is 13.2 Å². The van der Waals surface area contributed by atoms with Crippen LogP contribution in [-0.4, -0.2) is 24.9 Å². The molecule has 0 heterocycles. The molecule has 2 rings (SSSR count). The predicted octanol–water partition coefficient (Wildman–Crippen LogP) is 2.45. The molecule has 3 unspecified atom stereocenters. The minimum Gasteiger partial charge on any atom is -0.496 e. The summed E-state index contributed by atoms with van der Waals surface area (Å²) in [5.41, 5.74) is 8.31. The lowest BCUT2D eigenvalue weighted by atomic mass is 9.88. The summed E-state index contributed by atoms with van der Waals surface area (Å²) >= 11 is 0. The van der Waals surface area contributed by atoms with Crippen molar-refractivity contribution in [1.82, 2.24) is 0 Å². The second-order valence-electron chi connectivity index (χ2n) is 6.36. The van der Waals surface area contributed by atoms with Gasteiger partial charge in [-0.3, -0.25) is 0 Å². The third-order valence-corrected chi connectivity index (χ3v) is 4.53. The van der Waals surface area contributed by atoms with E-state index in [1.165, 1.54) is 0 Å². The number of aliphatic hydroxyl groups excluding tert-OH is 1. The highest BCUT2D eigenvalue weighted by Crippen LogP contribution is 2.55. The second kappa shape index (κ2) is 5.14. The summed E-state index contributed by atoms with van der Waals surface area (Å²) in [6.45, 7) is 6.87. The lowest BCUT2D eigenvalue weighted by Gasteiger charge is -2.24. The van der Waals surface area contributed by atoms with Gasteiger partial charge in [-0.2, -0.15) is 0 Å². The van der Waals surface area contributed by atoms with E-state index < -0.39 is 0 Å². The van der Waals surface area contributed by atoms with Gasteiger partial charge in [0.1, 0.15) is 5.75 Å². The first-order chi connectivity index (χ1) is 8.90. The molecule has 0 saturated heterocycles. The second-order valence-corrected chi connectivity index (χ2v) is 6.36. The zero-order valence-corrected chi connectivity index (χ0v) is 12.3. The molecule has 0 aromatic heterocycles. The van der Waals surface area contributed by atoms with Crippen LogP contribution in [0.4, 0.5) is 0 Å². The van der Waals surface area contributed by atoms with Gasteiger partial charge in [-0.05, 0) is 41.9 Å². The first-order valence-electron chi connectivity index (χ1n) is 6.93. The maximum absolute atomic E-state index is 10.5. The Balaban J connectivity index is 2.22. The Labute approximate surface area is 115 Å². The molecular weight excluding hydrogens is 238 g/mol. The third kappa shape index (κ3) is 2.77. The minimum absolute atomic E-state index is 0.0127. The van der Waals surface area contributed by atoms with Crippen LogP contribution >= 0.6 is 0 Å². The van der Waals surface area contributed by atoms with Crippen LogP contribution < -0.4 is 10.5 Å². The Hall–Kier alpha value is -1.06. The van der Waals surface area contributed by atoms with Gasteiger partial charge in [0.15, 0.2) is 0 Å². The zero-order valence-electron chi connectivity index (χ0n) is 12.3. The van der Waals surface area contributed by atoms with E-state index in [4.69, 9.17) is 10.5 Å². The van der Waals surface area contributed by atoms with Crippen molar-refractivity contribution < 1.29 is 9.84 Å². The first kappa shape index (κ1) is 14.4. The maximum atomic E-state index is 10.5. The minimum atomic E-state index is -0.368. The summed E-state index contributed by atoms with van der Waals surface area (Å²) in [6.07, 6.45) is 0.709. The van der Waals surface area contributed by atoms with E-state index in [-0.39, 0.29) is 17.4 Å². The number of hydrogen-bond donors (Lipinski definition) is 2. The molecule has 1 aliphatic rings. The molecule has 1 saturated carbocycles. The highest BCUT2D eigenvalue weighted by Gasteiger charge is 2.51. The van der Waals surface area contributed by atoms with E-state index in [9.17, 15) is 5.11 Å². The van der Waals surface area contributed by atoms with Gasteiger partial charge < -0.3 is 15.6 Å². The molecule has 3 atom stereocenters. The van der Waals surface area contributed by atoms with Gasteiger partial charge in [-0.1, -0.05) is 26.0 Å². The molecule has 1 aromatic rings. The molecule has 0 radical (unpaired) electrons. The van der Waals surface area contributed by atoms with Gasteiger partial charge >= 0.3 is 0 Å². The number of rotatable bonds is 5. The van der Waals surface area contributed by atoms with Crippen molar-refractivity contribution in [2.24, 2.45) is 17.1 Å². The average molecular weight is 263 g/mol. The van der Waals surface area contributed by atoms with Crippen LogP contribution in [0, 0.1) is 18.3 Å². The van der Waals surface area contributed by atoms with Gasteiger partial charge in [0.2, 0.25) is 0 Å². The van der Waals surface area contributed by atoms with E-state index in [0.717, 1.165) is 23.3 Å². The fourth-order valence-electron chi connectivity index (χ4n) is 2.91. The van der Waals surface area contributed by atoms with E-state index in [2.05, 4.69) is 13.8 Å². The molecule has 3 heteroatoms. The van der Waals surface area contributed by atoms with Crippen molar-refractivity contribution in [1.29, 1.82) is 0 Å². The standard InChI is InChI=1S/C16H25NO2/c1-10-5-6-11(7-14(10)19-4)12(9-17)15(18)13-8-16(13,2)3/h5-7,12-13,15,18H,8-9,17H2,1-4H3. The highest BCUT2D eigenvalue weighted by atomic mass is 16.5. The van der Waals surface area contributed by atoms with Crippen molar-refractivity contribution in [2.75, 3.05) is 13.7 Å². The van der Waals surface area contributed by atoms with Crippen molar-refractivity contribution in [3.05, 3.63) is 29.3 Å². The molecular formula is C16H25NO2. The normalized spacial score (nSPS) is 23.8. The summed E-state index contributed by atoms with van der Waals surface area (Å²) < 4.78 is 5.35. The quantitative estimate of drug-likeness (QED) is 0.858. The number of methoxy groups -OCH3 is 1. The fourth-order valence-corrected chi connectivity index (χ4v) is 2.91. The molecule has 0 bridgehead atoms. The summed E-state index contributed by atoms with van der Waals surface area (Å²) in [7, 11) is 1.67. The molecule has 3 N–H and O–H groups in total. The smallest absolute Gasteiger partial charge is 0.122 e. The molecule has 0 amide bonds. The maximum Gasteiger partial charge on any atom is 0.122 e. The van der Waals surface area contributed by atoms with Crippen molar-refractivity contribution in [3.8, 4) is 5.75 Å². The largest absolute Gasteiger partial charge is 0.496 e. The van der Waals surface area contributed by atoms with Crippen LogP contribution in [0.25, 0.3) is 0 Å². The molecule has 0 spiro atoms. The Morgan fingerprint density at radius 3 is 2.58 bits per heavy atom. The summed E-state index contributed by atoms with van der Waals surface area (Å²) in [6, 6.07) is 6.08. The number of benzene rings is 1. The lowest BCUT2D eigenvalue weighted by molar-refractivity contribution is 0.109. The fraction of sp³-hybridized carbons (Fsp3) is 0.625. The summed E-state index contributed by atoms with van der Waals surface area (Å²) in [4.78, 5) is 0. The molecule has 0 aliphatic heterocycles. The number of aryl methyl sites for hydroxylation is 1. The molecule has 19 heavy (non-hydrogen) atoms. The molecule has 1 aromatic carbocycles. The number of nitrogens with two attached hydrogens (primary N) is 1. The van der Waals surface area contributed by atoms with Crippen molar-refractivity contribution in [2.45, 2.75) is 39.2 Å². The Morgan fingerprint density at radius 1 is 1.47 bits per heavy atom. The molecule has 1 fully saturated rings. The molecule has 1 aliphatic carbocycles. The van der Waals surface area contributed by atoms with Gasteiger partial charge in [0.25, 0.3) is 0 Å². The predicted molar refractivity (Wildman–Crippen MR) is 77.4 cm³/mol. The number of hydrogen-bond acceptors (Lipinski definition) is 3. The zero-order chi connectivity index (χ0) is 14.2. The van der Waals surface area contributed by atoms with E-state index >= 15 is 0 Å². The van der Waals surface area contributed by atoms with Gasteiger partial charge in [0, 0.05) is 12.5 Å². The summed E-state index contributed by atoms with van der Waals surface area (Å²) in [5, 5.41) is 10.5. The number of aliphatic hydroxyl groups is 1. The van der Waals surface area contributed by atoms with Gasteiger partial charge in [-0.25, -0.2) is 0 Å². The summed E-state index contributed by atoms with van der Waals surface area (Å²) in [5.74, 6) is 1.20. The topological polar surface area (TPSA) is 55.5 Å². The lowest BCUT2D eigenvalue weighted by Crippen LogP contribution is -2.29.